The van der Waals surface area contributed by atoms with Crippen molar-refractivity contribution in [1.82, 2.24) is 5.32 Å². The van der Waals surface area contributed by atoms with Gasteiger partial charge in [-0.05, 0) is 23.3 Å². The predicted octanol–water partition coefficient (Wildman–Crippen LogP) is 2.65. The Morgan fingerprint density at radius 2 is 1.83 bits per heavy atom. The van der Waals surface area contributed by atoms with E-state index in [2.05, 4.69) is 5.32 Å². The van der Waals surface area contributed by atoms with Crippen molar-refractivity contribution >= 4 is 0 Å². The van der Waals surface area contributed by atoms with Crippen molar-refractivity contribution in [1.29, 1.82) is 0 Å². The first kappa shape index (κ1) is 12.7. The Morgan fingerprint density at radius 3 is 2.56 bits per heavy atom. The number of rotatable bonds is 5. The average Bonchev–Trinajstić information content (AvgIpc) is 2.40. The Bertz CT molecular complexity index is 487. The van der Waals surface area contributed by atoms with Crippen LogP contribution in [0, 0.1) is 5.82 Å². The van der Waals surface area contributed by atoms with E-state index in [1.807, 2.05) is 30.3 Å². The summed E-state index contributed by atoms with van der Waals surface area (Å²) in [5.74, 6) is -0.324. The van der Waals surface area contributed by atoms with Gasteiger partial charge in [-0.25, -0.2) is 4.39 Å². The van der Waals surface area contributed by atoms with Crippen molar-refractivity contribution in [3.05, 3.63) is 71.5 Å². The Hall–Kier alpha value is -1.71. The maximum Gasteiger partial charge on any atom is 0.123 e. The van der Waals surface area contributed by atoms with Crippen LogP contribution in [0.2, 0.25) is 0 Å². The van der Waals surface area contributed by atoms with Crippen LogP contribution in [-0.2, 0) is 6.54 Å². The molecule has 2 aromatic carbocycles. The van der Waals surface area contributed by atoms with Crippen LogP contribution in [0.4, 0.5) is 4.39 Å². The van der Waals surface area contributed by atoms with Crippen molar-refractivity contribution in [3.63, 3.8) is 0 Å². The lowest BCUT2D eigenvalue weighted by Crippen LogP contribution is -2.21. The molecule has 0 heterocycles. The molecule has 0 aromatic heterocycles. The molecule has 2 N–H and O–H groups in total. The Balaban J connectivity index is 1.83. The molecule has 0 unspecified atom stereocenters. The maximum absolute atomic E-state index is 13.0. The second kappa shape index (κ2) is 6.28. The highest BCUT2D eigenvalue weighted by atomic mass is 19.1. The fourth-order valence-corrected chi connectivity index (χ4v) is 1.78. The van der Waals surface area contributed by atoms with Gasteiger partial charge in [-0.1, -0.05) is 42.5 Å². The predicted molar refractivity (Wildman–Crippen MR) is 69.5 cm³/mol. The van der Waals surface area contributed by atoms with Crippen LogP contribution >= 0.6 is 0 Å². The third kappa shape index (κ3) is 3.65. The second-order valence-electron chi connectivity index (χ2n) is 4.19. The number of hydrogen-bond donors (Lipinski definition) is 2. The molecule has 0 amide bonds. The molecule has 0 aliphatic carbocycles. The highest BCUT2D eigenvalue weighted by molar-refractivity contribution is 5.19. The summed E-state index contributed by atoms with van der Waals surface area (Å²) in [6, 6.07) is 16.0. The molecule has 2 nitrogen and oxygen atoms in total. The zero-order valence-corrected chi connectivity index (χ0v) is 10.0. The molecule has 0 bridgehead atoms. The van der Waals surface area contributed by atoms with Gasteiger partial charge in [0.2, 0.25) is 0 Å². The first-order chi connectivity index (χ1) is 8.75. The molecule has 0 fully saturated rings. The highest BCUT2D eigenvalue weighted by Gasteiger charge is 2.07. The van der Waals surface area contributed by atoms with Crippen molar-refractivity contribution in [2.45, 2.75) is 12.6 Å². The molecule has 0 aliphatic heterocycles. The van der Waals surface area contributed by atoms with E-state index in [4.69, 9.17) is 0 Å². The normalized spacial score (nSPS) is 12.3. The second-order valence-corrected chi connectivity index (χ2v) is 4.19. The molecular weight excluding hydrogens is 229 g/mol. The van der Waals surface area contributed by atoms with Crippen molar-refractivity contribution in [2.24, 2.45) is 0 Å². The van der Waals surface area contributed by atoms with Gasteiger partial charge in [0.25, 0.3) is 0 Å². The van der Waals surface area contributed by atoms with E-state index in [0.29, 0.717) is 18.7 Å². The molecule has 3 heteroatoms. The average molecular weight is 245 g/mol. The summed E-state index contributed by atoms with van der Waals surface area (Å²) in [7, 11) is 0. The van der Waals surface area contributed by atoms with Gasteiger partial charge in [0.1, 0.15) is 5.82 Å². The first-order valence-electron chi connectivity index (χ1n) is 5.94. The Kier molecular flexibility index (Phi) is 4.45. The van der Waals surface area contributed by atoms with Crippen molar-refractivity contribution in [3.8, 4) is 0 Å². The zero-order valence-electron chi connectivity index (χ0n) is 10.0. The molecule has 0 aliphatic rings. The first-order valence-corrected chi connectivity index (χ1v) is 5.94. The van der Waals surface area contributed by atoms with Crippen LogP contribution in [0.25, 0.3) is 0 Å². The molecule has 1 atom stereocenters. The van der Waals surface area contributed by atoms with Gasteiger partial charge in [0, 0.05) is 13.1 Å². The summed E-state index contributed by atoms with van der Waals surface area (Å²) in [4.78, 5) is 0. The topological polar surface area (TPSA) is 32.3 Å². The van der Waals surface area contributed by atoms with Gasteiger partial charge in [0.05, 0.1) is 6.10 Å². The van der Waals surface area contributed by atoms with E-state index in [1.54, 1.807) is 12.1 Å². The minimum atomic E-state index is -0.690. The van der Waals surface area contributed by atoms with Crippen LogP contribution in [0.15, 0.2) is 54.6 Å². The van der Waals surface area contributed by atoms with Gasteiger partial charge in [0.15, 0.2) is 0 Å². The zero-order chi connectivity index (χ0) is 12.8. The standard InChI is InChI=1S/C15H16FNO/c16-14-8-4-7-13(9-14)15(18)11-17-10-12-5-2-1-3-6-12/h1-9,15,17-18H,10-11H2/t15-/m0/s1. The van der Waals surface area contributed by atoms with Crippen LogP contribution in [0.3, 0.4) is 0 Å². The number of nitrogens with one attached hydrogen (secondary N) is 1. The van der Waals surface area contributed by atoms with Crippen LogP contribution in [-0.4, -0.2) is 11.7 Å². The third-order valence-electron chi connectivity index (χ3n) is 2.74. The summed E-state index contributed by atoms with van der Waals surface area (Å²) < 4.78 is 13.0. The summed E-state index contributed by atoms with van der Waals surface area (Å²) in [5.41, 5.74) is 1.75. The van der Waals surface area contributed by atoms with E-state index in [-0.39, 0.29) is 5.82 Å². The quantitative estimate of drug-likeness (QED) is 0.848. The number of benzene rings is 2. The molecule has 2 rings (SSSR count). The molecule has 18 heavy (non-hydrogen) atoms. The molecule has 0 spiro atoms. The van der Waals surface area contributed by atoms with Gasteiger partial charge < -0.3 is 10.4 Å². The molecule has 0 radical (unpaired) electrons. The van der Waals surface area contributed by atoms with E-state index in [0.717, 1.165) is 5.56 Å². The molecular formula is C15H16FNO. The van der Waals surface area contributed by atoms with Crippen molar-refractivity contribution in [2.75, 3.05) is 6.54 Å². The van der Waals surface area contributed by atoms with Gasteiger partial charge in [-0.3, -0.25) is 0 Å². The van der Waals surface area contributed by atoms with Gasteiger partial charge in [-0.2, -0.15) is 0 Å². The molecule has 94 valence electrons. The lowest BCUT2D eigenvalue weighted by Gasteiger charge is -2.12. The summed E-state index contributed by atoms with van der Waals surface area (Å²) in [5, 5.41) is 13.0. The summed E-state index contributed by atoms with van der Waals surface area (Å²) in [6.07, 6.45) is -0.690. The number of hydrogen-bond acceptors (Lipinski definition) is 2. The van der Waals surface area contributed by atoms with Gasteiger partial charge >= 0.3 is 0 Å². The minimum absolute atomic E-state index is 0.324. The van der Waals surface area contributed by atoms with E-state index in [1.165, 1.54) is 12.1 Å². The van der Waals surface area contributed by atoms with E-state index < -0.39 is 6.10 Å². The lowest BCUT2D eigenvalue weighted by molar-refractivity contribution is 0.174. The molecule has 0 saturated heterocycles. The largest absolute Gasteiger partial charge is 0.387 e. The summed E-state index contributed by atoms with van der Waals surface area (Å²) >= 11 is 0. The van der Waals surface area contributed by atoms with Crippen LogP contribution < -0.4 is 5.32 Å². The smallest absolute Gasteiger partial charge is 0.123 e. The SMILES string of the molecule is O[C@@H](CNCc1ccccc1)c1cccc(F)c1. The third-order valence-corrected chi connectivity index (χ3v) is 2.74. The van der Waals surface area contributed by atoms with E-state index >= 15 is 0 Å². The van der Waals surface area contributed by atoms with Crippen molar-refractivity contribution < 1.29 is 9.50 Å². The number of halogens is 1. The molecule has 0 saturated carbocycles. The van der Waals surface area contributed by atoms with E-state index in [9.17, 15) is 9.50 Å². The lowest BCUT2D eigenvalue weighted by atomic mass is 10.1. The Morgan fingerprint density at radius 1 is 1.06 bits per heavy atom. The minimum Gasteiger partial charge on any atom is -0.387 e. The summed E-state index contributed by atoms with van der Waals surface area (Å²) in [6.45, 7) is 1.09. The van der Waals surface area contributed by atoms with Gasteiger partial charge in [-0.15, -0.1) is 0 Å². The molecule has 2 aromatic rings. The number of aliphatic hydroxyl groups is 1. The maximum atomic E-state index is 13.0. The number of aliphatic hydroxyl groups excluding tert-OH is 1. The fraction of sp³-hybridized carbons (Fsp3) is 0.200. The fourth-order valence-electron chi connectivity index (χ4n) is 1.78. The monoisotopic (exact) mass is 245 g/mol. The Labute approximate surface area is 106 Å². The highest BCUT2D eigenvalue weighted by Crippen LogP contribution is 2.13. The van der Waals surface area contributed by atoms with Crippen LogP contribution in [0.1, 0.15) is 17.2 Å². The van der Waals surface area contributed by atoms with Crippen LogP contribution in [0.5, 0.6) is 0 Å².